The summed E-state index contributed by atoms with van der Waals surface area (Å²) in [5.41, 5.74) is 1.17. The van der Waals surface area contributed by atoms with Crippen molar-refractivity contribution in [2.24, 2.45) is 0 Å². The van der Waals surface area contributed by atoms with Gasteiger partial charge in [-0.25, -0.2) is 4.79 Å². The lowest BCUT2D eigenvalue weighted by molar-refractivity contribution is -0.145. The third-order valence-electron chi connectivity index (χ3n) is 3.84. The summed E-state index contributed by atoms with van der Waals surface area (Å²) in [6, 6.07) is 7.57. The first-order valence-corrected chi connectivity index (χ1v) is 6.92. The first kappa shape index (κ1) is 14.8. The van der Waals surface area contributed by atoms with Gasteiger partial charge in [-0.2, -0.15) is 0 Å². The van der Waals surface area contributed by atoms with Crippen LogP contribution < -0.4 is 0 Å². The Balaban J connectivity index is 1.83. The molecular weight excluding hydrogens is 258 g/mol. The smallest absolute Gasteiger partial charge is 0.329 e. The first-order valence-electron chi connectivity index (χ1n) is 6.92. The van der Waals surface area contributed by atoms with Crippen LogP contribution in [-0.4, -0.2) is 46.9 Å². The number of nitrogens with zero attached hydrogens (tertiary/aromatic N) is 1. The molecule has 0 radical (unpaired) electrons. The number of rotatable bonds is 5. The molecule has 1 aromatic carbocycles. The molecule has 1 atom stereocenters. The van der Waals surface area contributed by atoms with Crippen LogP contribution in [-0.2, 0) is 9.53 Å². The number of ether oxygens (including phenoxy) is 1. The van der Waals surface area contributed by atoms with Gasteiger partial charge in [-0.1, -0.05) is 12.1 Å². The Labute approximate surface area is 118 Å². The topological polar surface area (TPSA) is 70.0 Å². The van der Waals surface area contributed by atoms with E-state index in [1.165, 1.54) is 5.56 Å². The molecule has 5 nitrogen and oxygen atoms in total. The molecule has 0 aromatic heterocycles. The second-order valence-electron chi connectivity index (χ2n) is 5.21. The monoisotopic (exact) mass is 279 g/mol. The number of piperidine rings is 1. The highest BCUT2D eigenvalue weighted by Gasteiger charge is 2.24. The van der Waals surface area contributed by atoms with E-state index in [9.17, 15) is 9.90 Å². The molecule has 0 amide bonds. The van der Waals surface area contributed by atoms with Gasteiger partial charge in [0.25, 0.3) is 0 Å². The zero-order valence-electron chi connectivity index (χ0n) is 11.7. The van der Waals surface area contributed by atoms with E-state index in [1.54, 1.807) is 12.1 Å². The van der Waals surface area contributed by atoms with Crippen molar-refractivity contribution < 1.29 is 19.7 Å². The Hall–Kier alpha value is -1.59. The molecule has 0 aliphatic carbocycles. The van der Waals surface area contributed by atoms with Crippen molar-refractivity contribution in [3.63, 3.8) is 0 Å². The molecule has 2 rings (SSSR count). The van der Waals surface area contributed by atoms with E-state index in [0.29, 0.717) is 0 Å². The highest BCUT2D eigenvalue weighted by atomic mass is 16.5. The number of hydrogen-bond donors (Lipinski definition) is 2. The minimum atomic E-state index is -0.912. The van der Waals surface area contributed by atoms with Crippen LogP contribution in [0.4, 0.5) is 0 Å². The van der Waals surface area contributed by atoms with Crippen molar-refractivity contribution in [3.05, 3.63) is 29.8 Å². The summed E-state index contributed by atoms with van der Waals surface area (Å²) < 4.78 is 5.33. The van der Waals surface area contributed by atoms with Crippen molar-refractivity contribution in [2.45, 2.75) is 31.9 Å². The lowest BCUT2D eigenvalue weighted by atomic mass is 10.0. The zero-order chi connectivity index (χ0) is 14.5. The average Bonchev–Trinajstić information content (AvgIpc) is 2.46. The van der Waals surface area contributed by atoms with Gasteiger partial charge in [0.2, 0.25) is 0 Å². The number of carbonyl (C=O) groups is 1. The van der Waals surface area contributed by atoms with Gasteiger partial charge in [0.15, 0.2) is 0 Å². The van der Waals surface area contributed by atoms with Gasteiger partial charge in [0, 0.05) is 19.1 Å². The zero-order valence-corrected chi connectivity index (χ0v) is 11.7. The molecule has 110 valence electrons. The van der Waals surface area contributed by atoms with Gasteiger partial charge in [-0.3, -0.25) is 4.90 Å². The largest absolute Gasteiger partial charge is 0.508 e. The highest BCUT2D eigenvalue weighted by Crippen LogP contribution is 2.26. The van der Waals surface area contributed by atoms with Crippen LogP contribution in [0.25, 0.3) is 0 Å². The van der Waals surface area contributed by atoms with E-state index >= 15 is 0 Å². The molecule has 0 spiro atoms. The number of carboxylic acid groups (broad SMARTS) is 1. The number of carboxylic acids is 1. The lowest BCUT2D eigenvalue weighted by Crippen LogP contribution is -2.39. The van der Waals surface area contributed by atoms with Gasteiger partial charge >= 0.3 is 5.97 Å². The van der Waals surface area contributed by atoms with E-state index in [-0.39, 0.29) is 24.5 Å². The summed E-state index contributed by atoms with van der Waals surface area (Å²) in [6.07, 6.45) is 1.76. The predicted octanol–water partition coefficient (Wildman–Crippen LogP) is 2.02. The molecular formula is C15H21NO4. The standard InChI is InChI=1S/C15H21NO4/c1-11(12-2-4-13(17)5-3-12)16-8-6-14(7-9-16)20-10-15(18)19/h2-5,11,14,17H,6-10H2,1H3,(H,18,19). The molecule has 2 N–H and O–H groups in total. The predicted molar refractivity (Wildman–Crippen MR) is 74.7 cm³/mol. The Kier molecular flexibility index (Phi) is 4.98. The summed E-state index contributed by atoms with van der Waals surface area (Å²) >= 11 is 0. The number of aliphatic carboxylic acids is 1. The summed E-state index contributed by atoms with van der Waals surface area (Å²) in [5.74, 6) is -0.633. The molecule has 1 aromatic rings. The lowest BCUT2D eigenvalue weighted by Gasteiger charge is -2.36. The number of benzene rings is 1. The van der Waals surface area contributed by atoms with Gasteiger partial charge < -0.3 is 14.9 Å². The molecule has 1 heterocycles. The maximum absolute atomic E-state index is 10.5. The molecule has 1 aliphatic rings. The number of hydrogen-bond acceptors (Lipinski definition) is 4. The van der Waals surface area contributed by atoms with Crippen LogP contribution in [0.3, 0.4) is 0 Å². The van der Waals surface area contributed by atoms with Crippen molar-refractivity contribution in [1.29, 1.82) is 0 Å². The fraction of sp³-hybridized carbons (Fsp3) is 0.533. The fourth-order valence-corrected chi connectivity index (χ4v) is 2.58. The third-order valence-corrected chi connectivity index (χ3v) is 3.84. The van der Waals surface area contributed by atoms with Crippen LogP contribution in [0, 0.1) is 0 Å². The first-order chi connectivity index (χ1) is 9.56. The number of aromatic hydroxyl groups is 1. The van der Waals surface area contributed by atoms with Crippen molar-refractivity contribution in [3.8, 4) is 5.75 Å². The normalized spacial score (nSPS) is 18.9. The molecule has 1 fully saturated rings. The Morgan fingerprint density at radius 2 is 1.95 bits per heavy atom. The minimum absolute atomic E-state index is 0.0503. The van der Waals surface area contributed by atoms with Crippen LogP contribution in [0.1, 0.15) is 31.4 Å². The number of likely N-dealkylation sites (tertiary alicyclic amines) is 1. The van der Waals surface area contributed by atoms with Gasteiger partial charge in [0.1, 0.15) is 12.4 Å². The Morgan fingerprint density at radius 3 is 2.50 bits per heavy atom. The van der Waals surface area contributed by atoms with Crippen LogP contribution in [0.15, 0.2) is 24.3 Å². The van der Waals surface area contributed by atoms with E-state index < -0.39 is 5.97 Å². The van der Waals surface area contributed by atoms with Crippen LogP contribution in [0.5, 0.6) is 5.75 Å². The third kappa shape index (κ3) is 3.95. The minimum Gasteiger partial charge on any atom is -0.508 e. The average molecular weight is 279 g/mol. The van der Waals surface area contributed by atoms with Crippen molar-refractivity contribution in [2.75, 3.05) is 19.7 Å². The maximum Gasteiger partial charge on any atom is 0.329 e. The Bertz CT molecular complexity index is 438. The molecule has 0 bridgehead atoms. The molecule has 1 aliphatic heterocycles. The summed E-state index contributed by atoms with van der Waals surface area (Å²) in [4.78, 5) is 12.8. The number of phenols is 1. The van der Waals surface area contributed by atoms with E-state index in [4.69, 9.17) is 9.84 Å². The quantitative estimate of drug-likeness (QED) is 0.863. The molecule has 1 unspecified atom stereocenters. The molecule has 0 saturated carbocycles. The highest BCUT2D eigenvalue weighted by molar-refractivity contribution is 5.68. The van der Waals surface area contributed by atoms with Crippen LogP contribution >= 0.6 is 0 Å². The fourth-order valence-electron chi connectivity index (χ4n) is 2.58. The second kappa shape index (κ2) is 6.72. The molecule has 5 heteroatoms. The Morgan fingerprint density at radius 1 is 1.35 bits per heavy atom. The van der Waals surface area contributed by atoms with E-state index in [1.807, 2.05) is 12.1 Å². The number of phenolic OH excluding ortho intramolecular Hbond substituents is 1. The summed E-state index contributed by atoms with van der Waals surface area (Å²) in [6.45, 7) is 3.72. The summed E-state index contributed by atoms with van der Waals surface area (Å²) in [7, 11) is 0. The molecule has 1 saturated heterocycles. The van der Waals surface area contributed by atoms with Crippen LogP contribution in [0.2, 0.25) is 0 Å². The SMILES string of the molecule is CC(c1ccc(O)cc1)N1CCC(OCC(=O)O)CC1. The molecule has 20 heavy (non-hydrogen) atoms. The summed E-state index contributed by atoms with van der Waals surface area (Å²) in [5, 5.41) is 17.9. The van der Waals surface area contributed by atoms with Gasteiger partial charge in [-0.05, 0) is 37.5 Å². The maximum atomic E-state index is 10.5. The second-order valence-corrected chi connectivity index (χ2v) is 5.21. The van der Waals surface area contributed by atoms with Crippen molar-refractivity contribution in [1.82, 2.24) is 4.90 Å². The van der Waals surface area contributed by atoms with Crippen molar-refractivity contribution >= 4 is 5.97 Å². The van der Waals surface area contributed by atoms with Gasteiger partial charge in [0.05, 0.1) is 6.10 Å². The van der Waals surface area contributed by atoms with E-state index in [0.717, 1.165) is 25.9 Å². The van der Waals surface area contributed by atoms with E-state index in [2.05, 4.69) is 11.8 Å². The van der Waals surface area contributed by atoms with Gasteiger partial charge in [-0.15, -0.1) is 0 Å².